The van der Waals surface area contributed by atoms with Gasteiger partial charge in [0.15, 0.2) is 0 Å². The van der Waals surface area contributed by atoms with Crippen molar-refractivity contribution in [3.63, 3.8) is 0 Å². The fourth-order valence-electron chi connectivity index (χ4n) is 0.929. The van der Waals surface area contributed by atoms with Gasteiger partial charge in [-0.2, -0.15) is 0 Å². The molecule has 2 unspecified atom stereocenters. The van der Waals surface area contributed by atoms with E-state index in [2.05, 4.69) is 31.9 Å². The van der Waals surface area contributed by atoms with Gasteiger partial charge < -0.3 is 9.47 Å². The molecule has 17 heavy (non-hydrogen) atoms. The van der Waals surface area contributed by atoms with Crippen LogP contribution >= 0.6 is 31.9 Å². The molecule has 0 rings (SSSR count). The molecule has 0 spiro atoms. The third-order valence-electron chi connectivity index (χ3n) is 2.10. The normalized spacial score (nSPS) is 13.9. The average molecular weight is 374 g/mol. The van der Waals surface area contributed by atoms with Crippen LogP contribution in [0.3, 0.4) is 0 Å². The Hall–Kier alpha value is -0.100. The van der Waals surface area contributed by atoms with Crippen molar-refractivity contribution in [1.82, 2.24) is 0 Å². The lowest BCUT2D eigenvalue weighted by Crippen LogP contribution is -2.17. The molecule has 2 atom stereocenters. The maximum atomic E-state index is 11.2. The van der Waals surface area contributed by atoms with Crippen molar-refractivity contribution in [2.75, 3.05) is 6.79 Å². The highest BCUT2D eigenvalue weighted by atomic mass is 79.9. The molecule has 0 fully saturated rings. The van der Waals surface area contributed by atoms with E-state index in [1.807, 2.05) is 13.8 Å². The van der Waals surface area contributed by atoms with E-state index in [0.29, 0.717) is 0 Å². The maximum absolute atomic E-state index is 11.2. The summed E-state index contributed by atoms with van der Waals surface area (Å²) >= 11 is 6.65. The highest BCUT2D eigenvalue weighted by Gasteiger charge is 2.12. The second kappa shape index (κ2) is 9.88. The van der Waals surface area contributed by atoms with Crippen molar-refractivity contribution in [2.24, 2.45) is 0 Å². The van der Waals surface area contributed by atoms with Crippen molar-refractivity contribution in [2.45, 2.75) is 49.2 Å². The van der Waals surface area contributed by atoms with Crippen molar-refractivity contribution < 1.29 is 19.1 Å². The summed E-state index contributed by atoms with van der Waals surface area (Å²) in [6, 6.07) is 0. The molecule has 6 heteroatoms. The number of hydrogen-bond donors (Lipinski definition) is 0. The lowest BCUT2D eigenvalue weighted by atomic mass is 10.2. The Kier molecular flexibility index (Phi) is 9.82. The van der Waals surface area contributed by atoms with Crippen molar-refractivity contribution in [1.29, 1.82) is 0 Å². The lowest BCUT2D eigenvalue weighted by Gasteiger charge is -2.09. The van der Waals surface area contributed by atoms with E-state index in [4.69, 9.17) is 9.47 Å². The molecule has 0 N–H and O–H groups in total. The van der Waals surface area contributed by atoms with Gasteiger partial charge >= 0.3 is 11.9 Å². The average Bonchev–Trinajstić information content (AvgIpc) is 2.28. The Morgan fingerprint density at radius 2 is 1.29 bits per heavy atom. The third kappa shape index (κ3) is 9.59. The minimum atomic E-state index is -0.368. The fraction of sp³-hybridized carbons (Fsp3) is 0.818. The summed E-state index contributed by atoms with van der Waals surface area (Å²) in [5.74, 6) is -0.736. The first kappa shape index (κ1) is 16.9. The standard InChI is InChI=1S/C11H18Br2O4/c1-3-8(12)5-10(14)16-7-17-11(15)6-9(13)4-2/h8-9H,3-7H2,1-2H3. The van der Waals surface area contributed by atoms with Crippen molar-refractivity contribution in [3.8, 4) is 0 Å². The Morgan fingerprint density at radius 1 is 0.941 bits per heavy atom. The molecule has 100 valence electrons. The third-order valence-corrected chi connectivity index (χ3v) is 4.04. The summed E-state index contributed by atoms with van der Waals surface area (Å²) in [5, 5.41) is 0. The highest BCUT2D eigenvalue weighted by Crippen LogP contribution is 2.11. The monoisotopic (exact) mass is 372 g/mol. The Morgan fingerprint density at radius 3 is 1.59 bits per heavy atom. The molecule has 0 aromatic heterocycles. The van der Waals surface area contributed by atoms with Gasteiger partial charge in [0.25, 0.3) is 0 Å². The van der Waals surface area contributed by atoms with Gasteiger partial charge in [-0.3, -0.25) is 9.59 Å². The maximum Gasteiger partial charge on any atom is 0.309 e. The van der Waals surface area contributed by atoms with E-state index in [-0.39, 0.29) is 41.2 Å². The molecule has 0 bridgehead atoms. The molecule has 0 aliphatic heterocycles. The molecular formula is C11H18Br2O4. The van der Waals surface area contributed by atoms with Crippen LogP contribution in [0.15, 0.2) is 0 Å². The van der Waals surface area contributed by atoms with Gasteiger partial charge in [-0.05, 0) is 12.8 Å². The first-order valence-electron chi connectivity index (χ1n) is 5.58. The zero-order valence-electron chi connectivity index (χ0n) is 10.1. The zero-order valence-corrected chi connectivity index (χ0v) is 13.3. The quantitative estimate of drug-likeness (QED) is 0.372. The van der Waals surface area contributed by atoms with Crippen LogP contribution in [-0.2, 0) is 19.1 Å². The van der Waals surface area contributed by atoms with Gasteiger partial charge in [0.05, 0.1) is 12.8 Å². The minimum absolute atomic E-state index is 0.109. The van der Waals surface area contributed by atoms with Gasteiger partial charge in [-0.15, -0.1) is 0 Å². The molecule has 0 aliphatic rings. The molecule has 0 amide bonds. The topological polar surface area (TPSA) is 52.6 Å². The van der Waals surface area contributed by atoms with Gasteiger partial charge in [-0.1, -0.05) is 45.7 Å². The number of ether oxygens (including phenoxy) is 2. The molecule has 0 aliphatic carbocycles. The van der Waals surface area contributed by atoms with Crippen LogP contribution in [0.1, 0.15) is 39.5 Å². The molecule has 0 heterocycles. The van der Waals surface area contributed by atoms with Crippen LogP contribution in [0, 0.1) is 0 Å². The SMILES string of the molecule is CCC(Br)CC(=O)OCOC(=O)CC(Br)CC. The van der Waals surface area contributed by atoms with Crippen LogP contribution in [0.5, 0.6) is 0 Å². The molecular weight excluding hydrogens is 356 g/mol. The molecule has 0 saturated carbocycles. The first-order valence-corrected chi connectivity index (χ1v) is 7.42. The lowest BCUT2D eigenvalue weighted by molar-refractivity contribution is -0.167. The predicted octanol–water partition coefficient (Wildman–Crippen LogP) is 3.16. The fourth-order valence-corrected chi connectivity index (χ4v) is 1.46. The Bertz CT molecular complexity index is 222. The minimum Gasteiger partial charge on any atom is -0.428 e. The molecule has 4 nitrogen and oxygen atoms in total. The summed E-state index contributed by atoms with van der Waals surface area (Å²) in [6.45, 7) is 3.63. The number of halogens is 2. The number of esters is 2. The van der Waals surface area contributed by atoms with Gasteiger partial charge in [0, 0.05) is 9.65 Å². The van der Waals surface area contributed by atoms with Crippen LogP contribution in [0.4, 0.5) is 0 Å². The largest absolute Gasteiger partial charge is 0.428 e. The molecule has 0 radical (unpaired) electrons. The highest BCUT2D eigenvalue weighted by molar-refractivity contribution is 9.09. The van der Waals surface area contributed by atoms with Crippen LogP contribution < -0.4 is 0 Å². The van der Waals surface area contributed by atoms with Gasteiger partial charge in [0.2, 0.25) is 6.79 Å². The summed E-state index contributed by atoms with van der Waals surface area (Å²) in [7, 11) is 0. The number of hydrogen-bond acceptors (Lipinski definition) is 4. The molecule has 0 aromatic rings. The number of carbonyl (C=O) groups is 2. The van der Waals surface area contributed by atoms with E-state index in [1.165, 1.54) is 0 Å². The van der Waals surface area contributed by atoms with Gasteiger partial charge in [0.1, 0.15) is 0 Å². The molecule has 0 aromatic carbocycles. The second-order valence-electron chi connectivity index (χ2n) is 3.57. The van der Waals surface area contributed by atoms with E-state index in [1.54, 1.807) is 0 Å². The molecule has 0 saturated heterocycles. The van der Waals surface area contributed by atoms with Crippen molar-refractivity contribution >= 4 is 43.8 Å². The summed E-state index contributed by atoms with van der Waals surface area (Å²) < 4.78 is 9.55. The Labute approximate surface area is 119 Å². The summed E-state index contributed by atoms with van der Waals surface area (Å²) in [6.07, 6.45) is 2.25. The van der Waals surface area contributed by atoms with Crippen LogP contribution in [-0.4, -0.2) is 28.4 Å². The van der Waals surface area contributed by atoms with E-state index in [9.17, 15) is 9.59 Å². The smallest absolute Gasteiger partial charge is 0.309 e. The van der Waals surface area contributed by atoms with Crippen LogP contribution in [0.25, 0.3) is 0 Å². The second-order valence-corrected chi connectivity index (χ2v) is 6.16. The summed E-state index contributed by atoms with van der Waals surface area (Å²) in [4.78, 5) is 22.7. The van der Waals surface area contributed by atoms with E-state index in [0.717, 1.165) is 12.8 Å². The summed E-state index contributed by atoms with van der Waals surface area (Å²) in [5.41, 5.74) is 0. The number of rotatable bonds is 8. The van der Waals surface area contributed by atoms with Crippen LogP contribution in [0.2, 0.25) is 0 Å². The zero-order chi connectivity index (χ0) is 13.3. The first-order chi connectivity index (χ1) is 7.99. The number of carbonyl (C=O) groups excluding carboxylic acids is 2. The Balaban J connectivity index is 3.62. The van der Waals surface area contributed by atoms with E-state index < -0.39 is 0 Å². The number of alkyl halides is 2. The van der Waals surface area contributed by atoms with Gasteiger partial charge in [-0.25, -0.2) is 0 Å². The van der Waals surface area contributed by atoms with E-state index >= 15 is 0 Å². The van der Waals surface area contributed by atoms with Crippen molar-refractivity contribution in [3.05, 3.63) is 0 Å². The predicted molar refractivity (Wildman–Crippen MR) is 72.3 cm³/mol.